The topological polar surface area (TPSA) is 29.5 Å². The summed E-state index contributed by atoms with van der Waals surface area (Å²) in [6, 6.07) is 14.3. The summed E-state index contributed by atoms with van der Waals surface area (Å²) in [5.74, 6) is 2.33. The van der Waals surface area contributed by atoms with Crippen molar-refractivity contribution in [2.24, 2.45) is 5.92 Å². The molecule has 1 heterocycles. The second kappa shape index (κ2) is 5.35. The van der Waals surface area contributed by atoms with Crippen LogP contribution in [0, 0.1) is 12.8 Å². The van der Waals surface area contributed by atoms with Gasteiger partial charge in [-0.1, -0.05) is 42.7 Å². The maximum absolute atomic E-state index is 9.84. The number of benzene rings is 2. The highest BCUT2D eigenvalue weighted by molar-refractivity contribution is 5.45. The zero-order valence-corrected chi connectivity index (χ0v) is 13.0. The monoisotopic (exact) mass is 294 g/mol. The van der Waals surface area contributed by atoms with Gasteiger partial charge in [-0.15, -0.1) is 0 Å². The molecule has 22 heavy (non-hydrogen) atoms. The molecule has 0 bridgehead atoms. The Hall–Kier alpha value is -1.96. The van der Waals surface area contributed by atoms with Gasteiger partial charge in [0.05, 0.1) is 0 Å². The predicted molar refractivity (Wildman–Crippen MR) is 87.4 cm³/mol. The SMILES string of the molecule is Cc1ccc([C@H]2Oc3ccc(O)cc3[C@H]3CCCC[C@H]32)cc1. The van der Waals surface area contributed by atoms with E-state index in [1.807, 2.05) is 12.1 Å². The minimum absolute atomic E-state index is 0.142. The van der Waals surface area contributed by atoms with Crippen molar-refractivity contribution in [3.05, 3.63) is 59.2 Å². The lowest BCUT2D eigenvalue weighted by molar-refractivity contribution is 0.0678. The molecule has 2 aromatic carbocycles. The van der Waals surface area contributed by atoms with E-state index in [-0.39, 0.29) is 6.10 Å². The fraction of sp³-hybridized carbons (Fsp3) is 0.400. The first-order chi connectivity index (χ1) is 10.7. The number of rotatable bonds is 1. The van der Waals surface area contributed by atoms with Crippen molar-refractivity contribution in [2.75, 3.05) is 0 Å². The molecule has 114 valence electrons. The molecule has 0 aromatic heterocycles. The second-order valence-corrected chi connectivity index (χ2v) is 6.73. The fourth-order valence-electron chi connectivity index (χ4n) is 4.14. The van der Waals surface area contributed by atoms with Crippen LogP contribution in [0.4, 0.5) is 0 Å². The van der Waals surface area contributed by atoms with Gasteiger partial charge in [0.2, 0.25) is 0 Å². The van der Waals surface area contributed by atoms with E-state index in [0.29, 0.717) is 17.6 Å². The summed E-state index contributed by atoms with van der Waals surface area (Å²) < 4.78 is 6.37. The van der Waals surface area contributed by atoms with Crippen molar-refractivity contribution >= 4 is 0 Å². The van der Waals surface area contributed by atoms with Crippen molar-refractivity contribution in [2.45, 2.75) is 44.6 Å². The molecule has 2 aromatic rings. The van der Waals surface area contributed by atoms with E-state index in [1.54, 1.807) is 6.07 Å². The lowest BCUT2D eigenvalue weighted by Gasteiger charge is -2.42. The molecule has 2 nitrogen and oxygen atoms in total. The standard InChI is InChI=1S/C20H22O2/c1-13-6-8-14(9-7-13)20-17-5-3-2-4-16(17)18-12-15(21)10-11-19(18)22-20/h6-12,16-17,20-21H,2-5H2,1H3/t16-,17+,20+/m0/s1. The lowest BCUT2D eigenvalue weighted by atomic mass is 9.70. The quantitative estimate of drug-likeness (QED) is 0.792. The summed E-state index contributed by atoms with van der Waals surface area (Å²) in [7, 11) is 0. The van der Waals surface area contributed by atoms with E-state index in [9.17, 15) is 5.11 Å². The normalized spacial score (nSPS) is 26.7. The number of aryl methyl sites for hydroxylation is 1. The van der Waals surface area contributed by atoms with E-state index in [2.05, 4.69) is 31.2 Å². The number of aromatic hydroxyl groups is 1. The van der Waals surface area contributed by atoms with Crippen molar-refractivity contribution in [3.63, 3.8) is 0 Å². The molecule has 1 saturated carbocycles. The molecule has 0 spiro atoms. The first-order valence-corrected chi connectivity index (χ1v) is 8.28. The van der Waals surface area contributed by atoms with E-state index >= 15 is 0 Å². The molecule has 0 saturated heterocycles. The molecule has 1 fully saturated rings. The highest BCUT2D eigenvalue weighted by Gasteiger charge is 2.40. The highest BCUT2D eigenvalue weighted by Crippen LogP contribution is 2.52. The number of phenolic OH excluding ortho intramolecular Hbond substituents is 1. The van der Waals surface area contributed by atoms with Gasteiger partial charge >= 0.3 is 0 Å². The summed E-state index contributed by atoms with van der Waals surface area (Å²) in [4.78, 5) is 0. The highest BCUT2D eigenvalue weighted by atomic mass is 16.5. The van der Waals surface area contributed by atoms with Crippen LogP contribution in [-0.2, 0) is 0 Å². The zero-order valence-electron chi connectivity index (χ0n) is 13.0. The van der Waals surface area contributed by atoms with Gasteiger partial charge in [-0.25, -0.2) is 0 Å². The summed E-state index contributed by atoms with van der Waals surface area (Å²) in [6.07, 6.45) is 5.10. The maximum Gasteiger partial charge on any atom is 0.127 e. The van der Waals surface area contributed by atoms with Crippen molar-refractivity contribution in [3.8, 4) is 11.5 Å². The van der Waals surface area contributed by atoms with Crippen molar-refractivity contribution in [1.29, 1.82) is 0 Å². The van der Waals surface area contributed by atoms with Gasteiger partial charge in [0.25, 0.3) is 0 Å². The van der Waals surface area contributed by atoms with Crippen LogP contribution in [0.25, 0.3) is 0 Å². The third kappa shape index (κ3) is 2.27. The third-order valence-electron chi connectivity index (χ3n) is 5.26. The Balaban J connectivity index is 1.77. The molecule has 1 aliphatic carbocycles. The Morgan fingerprint density at radius 1 is 1.00 bits per heavy atom. The number of phenols is 1. The number of hydrogen-bond acceptors (Lipinski definition) is 2. The molecule has 4 rings (SSSR count). The molecule has 1 aliphatic heterocycles. The Bertz CT molecular complexity index is 675. The summed E-state index contributed by atoms with van der Waals surface area (Å²) in [5, 5.41) is 9.84. The lowest BCUT2D eigenvalue weighted by Crippen LogP contribution is -2.32. The Morgan fingerprint density at radius 3 is 2.59 bits per heavy atom. The Morgan fingerprint density at radius 2 is 1.77 bits per heavy atom. The van der Waals surface area contributed by atoms with Crippen molar-refractivity contribution in [1.82, 2.24) is 0 Å². The van der Waals surface area contributed by atoms with E-state index < -0.39 is 0 Å². The van der Waals surface area contributed by atoms with E-state index in [4.69, 9.17) is 4.74 Å². The minimum Gasteiger partial charge on any atom is -0.508 e. The molecular weight excluding hydrogens is 272 g/mol. The summed E-state index contributed by atoms with van der Waals surface area (Å²) in [6.45, 7) is 2.12. The minimum atomic E-state index is 0.142. The maximum atomic E-state index is 9.84. The Kier molecular flexibility index (Phi) is 3.33. The van der Waals surface area contributed by atoms with Gasteiger partial charge in [-0.2, -0.15) is 0 Å². The zero-order chi connectivity index (χ0) is 15.1. The summed E-state index contributed by atoms with van der Waals surface area (Å²) >= 11 is 0. The predicted octanol–water partition coefficient (Wildman–Crippen LogP) is 5.11. The van der Waals surface area contributed by atoms with Crippen LogP contribution >= 0.6 is 0 Å². The van der Waals surface area contributed by atoms with E-state index in [0.717, 1.165) is 5.75 Å². The second-order valence-electron chi connectivity index (χ2n) is 6.73. The Labute approximate surface area is 131 Å². The van der Waals surface area contributed by atoms with E-state index in [1.165, 1.54) is 42.4 Å². The number of hydrogen-bond donors (Lipinski definition) is 1. The van der Waals surface area contributed by atoms with Crippen LogP contribution in [0.1, 0.15) is 54.4 Å². The molecule has 1 N–H and O–H groups in total. The fourth-order valence-corrected chi connectivity index (χ4v) is 4.14. The van der Waals surface area contributed by atoms with Crippen LogP contribution < -0.4 is 4.74 Å². The van der Waals surface area contributed by atoms with Crippen molar-refractivity contribution < 1.29 is 9.84 Å². The first kappa shape index (κ1) is 13.7. The molecule has 3 atom stereocenters. The number of ether oxygens (including phenoxy) is 1. The van der Waals surface area contributed by atoms with Gasteiger partial charge in [-0.3, -0.25) is 0 Å². The summed E-state index contributed by atoms with van der Waals surface area (Å²) in [5.41, 5.74) is 3.76. The first-order valence-electron chi connectivity index (χ1n) is 8.28. The third-order valence-corrected chi connectivity index (χ3v) is 5.26. The van der Waals surface area contributed by atoms with Crippen LogP contribution in [-0.4, -0.2) is 5.11 Å². The van der Waals surface area contributed by atoms with Crippen LogP contribution in [0.2, 0.25) is 0 Å². The van der Waals surface area contributed by atoms with Gasteiger partial charge in [0, 0.05) is 11.5 Å². The van der Waals surface area contributed by atoms with Crippen LogP contribution in [0.3, 0.4) is 0 Å². The molecule has 0 unspecified atom stereocenters. The van der Waals surface area contributed by atoms with Gasteiger partial charge in [0.15, 0.2) is 0 Å². The number of fused-ring (bicyclic) bond motifs is 3. The molecule has 0 radical (unpaired) electrons. The molecule has 2 heteroatoms. The average molecular weight is 294 g/mol. The van der Waals surface area contributed by atoms with Crippen LogP contribution in [0.5, 0.6) is 11.5 Å². The molecule has 2 aliphatic rings. The van der Waals surface area contributed by atoms with Gasteiger partial charge in [0.1, 0.15) is 17.6 Å². The smallest absolute Gasteiger partial charge is 0.127 e. The van der Waals surface area contributed by atoms with Gasteiger partial charge in [-0.05, 0) is 49.4 Å². The largest absolute Gasteiger partial charge is 0.508 e. The molecule has 0 amide bonds. The average Bonchev–Trinajstić information content (AvgIpc) is 2.55. The van der Waals surface area contributed by atoms with Gasteiger partial charge < -0.3 is 9.84 Å². The van der Waals surface area contributed by atoms with Crippen LogP contribution in [0.15, 0.2) is 42.5 Å². The molecular formula is C20H22O2.